The van der Waals surface area contributed by atoms with Gasteiger partial charge in [0.2, 0.25) is 0 Å². The van der Waals surface area contributed by atoms with Crippen LogP contribution in [0, 0.1) is 17.8 Å². The Morgan fingerprint density at radius 2 is 2.26 bits per heavy atom. The van der Waals surface area contributed by atoms with Crippen LogP contribution in [0.15, 0.2) is 18.6 Å². The van der Waals surface area contributed by atoms with Crippen molar-refractivity contribution in [1.29, 1.82) is 0 Å². The molecular weight excluding hydrogens is 238 g/mol. The van der Waals surface area contributed by atoms with Crippen molar-refractivity contribution in [3.63, 3.8) is 0 Å². The van der Waals surface area contributed by atoms with E-state index in [0.29, 0.717) is 12.0 Å². The van der Waals surface area contributed by atoms with Crippen LogP contribution in [0.3, 0.4) is 0 Å². The number of fused-ring (bicyclic) bond motifs is 2. The summed E-state index contributed by atoms with van der Waals surface area (Å²) in [5.74, 6) is 3.32. The van der Waals surface area contributed by atoms with E-state index in [1.165, 1.54) is 19.5 Å². The SMILES string of the molecule is C[C@@H]1[C@H]2CNC[C@H]2C[C@@H]1Nc1ncnc2[nH]ccc12. The van der Waals surface area contributed by atoms with E-state index < -0.39 is 0 Å². The van der Waals surface area contributed by atoms with Crippen molar-refractivity contribution < 1.29 is 0 Å². The molecule has 2 aromatic heterocycles. The smallest absolute Gasteiger partial charge is 0.142 e. The third kappa shape index (κ3) is 1.72. The molecule has 5 heteroatoms. The molecule has 0 bridgehead atoms. The van der Waals surface area contributed by atoms with Gasteiger partial charge in [-0.25, -0.2) is 9.97 Å². The average Bonchev–Trinajstić information content (AvgIpc) is 3.09. The van der Waals surface area contributed by atoms with Crippen molar-refractivity contribution in [2.75, 3.05) is 18.4 Å². The first-order chi connectivity index (χ1) is 9.33. The summed E-state index contributed by atoms with van der Waals surface area (Å²) >= 11 is 0. The van der Waals surface area contributed by atoms with Gasteiger partial charge in [-0.15, -0.1) is 0 Å². The van der Waals surface area contributed by atoms with Gasteiger partial charge in [-0.05, 0) is 43.3 Å². The summed E-state index contributed by atoms with van der Waals surface area (Å²) < 4.78 is 0. The number of hydrogen-bond donors (Lipinski definition) is 3. The normalized spacial score (nSPS) is 33.7. The number of rotatable bonds is 2. The first-order valence-electron chi connectivity index (χ1n) is 7.08. The Kier molecular flexibility index (Phi) is 2.48. The molecule has 4 rings (SSSR count). The Hall–Kier alpha value is -1.62. The zero-order chi connectivity index (χ0) is 12.8. The molecule has 0 amide bonds. The summed E-state index contributed by atoms with van der Waals surface area (Å²) in [6, 6.07) is 2.57. The van der Waals surface area contributed by atoms with Crippen LogP contribution in [0.2, 0.25) is 0 Å². The summed E-state index contributed by atoms with van der Waals surface area (Å²) in [6.07, 6.45) is 4.79. The second-order valence-electron chi connectivity index (χ2n) is 5.89. The van der Waals surface area contributed by atoms with Crippen molar-refractivity contribution in [3.8, 4) is 0 Å². The standard InChI is InChI=1S/C14H19N5/c1-8-11-6-15-5-9(11)4-12(8)19-14-10-2-3-16-13(10)17-7-18-14/h2-3,7-9,11-12,15H,4-6H2,1H3,(H2,16,17,18,19)/t8-,9-,11-,12+/m1/s1. The number of anilines is 1. The molecule has 2 fully saturated rings. The van der Waals surface area contributed by atoms with E-state index >= 15 is 0 Å². The highest BCUT2D eigenvalue weighted by Crippen LogP contribution is 2.40. The fourth-order valence-electron chi connectivity index (χ4n) is 3.82. The lowest BCUT2D eigenvalue weighted by atomic mass is 9.93. The van der Waals surface area contributed by atoms with Gasteiger partial charge >= 0.3 is 0 Å². The van der Waals surface area contributed by atoms with Crippen LogP contribution in [0.5, 0.6) is 0 Å². The van der Waals surface area contributed by atoms with Gasteiger partial charge in [-0.2, -0.15) is 0 Å². The minimum Gasteiger partial charge on any atom is -0.366 e. The Morgan fingerprint density at radius 1 is 1.32 bits per heavy atom. The van der Waals surface area contributed by atoms with E-state index in [1.54, 1.807) is 6.33 Å². The molecule has 1 aliphatic heterocycles. The quantitative estimate of drug-likeness (QED) is 0.765. The molecule has 1 aliphatic carbocycles. The predicted octanol–water partition coefficient (Wildman–Crippen LogP) is 1.61. The number of aromatic amines is 1. The van der Waals surface area contributed by atoms with Gasteiger partial charge < -0.3 is 15.6 Å². The first kappa shape index (κ1) is 11.2. The molecule has 3 heterocycles. The van der Waals surface area contributed by atoms with Crippen LogP contribution in [-0.2, 0) is 0 Å². The maximum atomic E-state index is 4.41. The Labute approximate surface area is 112 Å². The molecule has 0 unspecified atom stereocenters. The third-order valence-electron chi connectivity index (χ3n) is 4.93. The summed E-state index contributed by atoms with van der Waals surface area (Å²) in [5.41, 5.74) is 0.907. The molecule has 0 radical (unpaired) electrons. The number of nitrogens with zero attached hydrogens (tertiary/aromatic N) is 2. The van der Waals surface area contributed by atoms with Gasteiger partial charge in [0.25, 0.3) is 0 Å². The van der Waals surface area contributed by atoms with Crippen LogP contribution in [0.4, 0.5) is 5.82 Å². The molecule has 0 aromatic carbocycles. The highest BCUT2D eigenvalue weighted by molar-refractivity contribution is 5.86. The lowest BCUT2D eigenvalue weighted by Gasteiger charge is -2.21. The molecule has 3 N–H and O–H groups in total. The van der Waals surface area contributed by atoms with Gasteiger partial charge in [0.15, 0.2) is 0 Å². The topological polar surface area (TPSA) is 65.6 Å². The van der Waals surface area contributed by atoms with Crippen LogP contribution >= 0.6 is 0 Å². The molecule has 19 heavy (non-hydrogen) atoms. The highest BCUT2D eigenvalue weighted by atomic mass is 15.1. The maximum absolute atomic E-state index is 4.41. The Balaban J connectivity index is 1.60. The zero-order valence-corrected chi connectivity index (χ0v) is 11.1. The fraction of sp³-hybridized carbons (Fsp3) is 0.571. The maximum Gasteiger partial charge on any atom is 0.142 e. The van der Waals surface area contributed by atoms with Crippen molar-refractivity contribution in [3.05, 3.63) is 18.6 Å². The number of H-pyrrole nitrogens is 1. The predicted molar refractivity (Wildman–Crippen MR) is 74.9 cm³/mol. The van der Waals surface area contributed by atoms with E-state index in [1.807, 2.05) is 12.3 Å². The van der Waals surface area contributed by atoms with Crippen molar-refractivity contribution in [1.82, 2.24) is 20.3 Å². The summed E-state index contributed by atoms with van der Waals surface area (Å²) in [6.45, 7) is 4.72. The number of hydrogen-bond acceptors (Lipinski definition) is 4. The Morgan fingerprint density at radius 3 is 3.16 bits per heavy atom. The molecule has 5 nitrogen and oxygen atoms in total. The van der Waals surface area contributed by atoms with E-state index in [2.05, 4.69) is 32.5 Å². The van der Waals surface area contributed by atoms with Crippen LogP contribution in [0.25, 0.3) is 11.0 Å². The molecule has 100 valence electrons. The minimum absolute atomic E-state index is 0.532. The van der Waals surface area contributed by atoms with Crippen molar-refractivity contribution in [2.45, 2.75) is 19.4 Å². The number of nitrogens with one attached hydrogen (secondary N) is 3. The number of aromatic nitrogens is 3. The van der Waals surface area contributed by atoms with E-state index in [-0.39, 0.29) is 0 Å². The highest BCUT2D eigenvalue weighted by Gasteiger charge is 2.43. The zero-order valence-electron chi connectivity index (χ0n) is 11.1. The average molecular weight is 257 g/mol. The molecular formula is C14H19N5. The molecule has 2 aliphatic rings. The third-order valence-corrected chi connectivity index (χ3v) is 4.93. The largest absolute Gasteiger partial charge is 0.366 e. The van der Waals surface area contributed by atoms with Crippen LogP contribution < -0.4 is 10.6 Å². The van der Waals surface area contributed by atoms with Crippen molar-refractivity contribution >= 4 is 16.9 Å². The van der Waals surface area contributed by atoms with E-state index in [4.69, 9.17) is 0 Å². The second-order valence-corrected chi connectivity index (χ2v) is 5.89. The van der Waals surface area contributed by atoms with Gasteiger partial charge in [0.1, 0.15) is 17.8 Å². The molecule has 1 saturated heterocycles. The lowest BCUT2D eigenvalue weighted by molar-refractivity contribution is 0.393. The van der Waals surface area contributed by atoms with Gasteiger partial charge in [0.05, 0.1) is 5.39 Å². The molecule has 1 saturated carbocycles. The van der Waals surface area contributed by atoms with E-state index in [0.717, 1.165) is 28.7 Å². The van der Waals surface area contributed by atoms with Crippen LogP contribution in [0.1, 0.15) is 13.3 Å². The summed E-state index contributed by atoms with van der Waals surface area (Å²) in [4.78, 5) is 11.8. The van der Waals surface area contributed by atoms with Gasteiger partial charge in [-0.3, -0.25) is 0 Å². The van der Waals surface area contributed by atoms with Gasteiger partial charge in [-0.1, -0.05) is 6.92 Å². The lowest BCUT2D eigenvalue weighted by Crippen LogP contribution is -2.28. The van der Waals surface area contributed by atoms with Gasteiger partial charge in [0, 0.05) is 12.2 Å². The molecule has 0 spiro atoms. The summed E-state index contributed by atoms with van der Waals surface area (Å²) in [7, 11) is 0. The molecule has 2 aromatic rings. The fourth-order valence-corrected chi connectivity index (χ4v) is 3.82. The second kappa shape index (κ2) is 4.20. The minimum atomic E-state index is 0.532. The first-order valence-corrected chi connectivity index (χ1v) is 7.08. The van der Waals surface area contributed by atoms with E-state index in [9.17, 15) is 0 Å². The molecule has 4 atom stereocenters. The Bertz CT molecular complexity index is 592. The summed E-state index contributed by atoms with van der Waals surface area (Å²) in [5, 5.41) is 8.24. The monoisotopic (exact) mass is 257 g/mol. The van der Waals surface area contributed by atoms with Crippen LogP contribution in [-0.4, -0.2) is 34.1 Å². The van der Waals surface area contributed by atoms with Crippen molar-refractivity contribution in [2.24, 2.45) is 17.8 Å².